The first-order chi connectivity index (χ1) is 13.1. The maximum atomic E-state index is 12.9. The Labute approximate surface area is 160 Å². The van der Waals surface area contributed by atoms with Crippen LogP contribution in [0.15, 0.2) is 30.3 Å². The minimum atomic E-state index is -0.0424. The van der Waals surface area contributed by atoms with E-state index in [4.69, 9.17) is 4.74 Å². The number of nitrogens with one attached hydrogen (secondary N) is 1. The number of aryl methyl sites for hydroxylation is 2. The number of aromatic nitrogens is 2. The topological polar surface area (TPSA) is 70.6 Å². The molecule has 0 radical (unpaired) electrons. The lowest BCUT2D eigenvalue weighted by Gasteiger charge is -2.36. The maximum Gasteiger partial charge on any atom is 0.272 e. The molecule has 3 rings (SSSR count). The van der Waals surface area contributed by atoms with Crippen molar-refractivity contribution < 1.29 is 9.53 Å². The first-order valence-corrected chi connectivity index (χ1v) is 9.26. The molecule has 7 heteroatoms. The van der Waals surface area contributed by atoms with Crippen molar-refractivity contribution in [1.29, 1.82) is 0 Å². The zero-order valence-corrected chi connectivity index (χ0v) is 16.2. The molecule has 0 aliphatic carbocycles. The van der Waals surface area contributed by atoms with Gasteiger partial charge in [0.25, 0.3) is 5.91 Å². The smallest absolute Gasteiger partial charge is 0.272 e. The lowest BCUT2D eigenvalue weighted by molar-refractivity contribution is 0.0740. The van der Waals surface area contributed by atoms with Crippen molar-refractivity contribution in [3.63, 3.8) is 0 Å². The number of nitrogens with zero attached hydrogens (tertiary/aromatic N) is 4. The molecule has 1 saturated heterocycles. The highest BCUT2D eigenvalue weighted by Crippen LogP contribution is 2.19. The van der Waals surface area contributed by atoms with Gasteiger partial charge in [0.15, 0.2) is 0 Å². The molecule has 144 valence electrons. The second-order valence-electron chi connectivity index (χ2n) is 6.72. The zero-order valence-electron chi connectivity index (χ0n) is 16.2. The molecule has 1 aromatic heterocycles. The van der Waals surface area contributed by atoms with Gasteiger partial charge in [-0.3, -0.25) is 4.79 Å². The third kappa shape index (κ3) is 4.95. The number of amides is 1. The van der Waals surface area contributed by atoms with Crippen molar-refractivity contribution >= 4 is 17.4 Å². The lowest BCUT2D eigenvalue weighted by atomic mass is 10.2. The Bertz CT molecular complexity index is 788. The molecule has 2 aromatic rings. The molecular weight excluding hydrogens is 342 g/mol. The van der Waals surface area contributed by atoms with Crippen molar-refractivity contribution in [3.8, 4) is 0 Å². The minimum Gasteiger partial charge on any atom is -0.383 e. The molecule has 7 nitrogen and oxygen atoms in total. The predicted octanol–water partition coefficient (Wildman–Crippen LogP) is 2.11. The Balaban J connectivity index is 1.63. The third-order valence-corrected chi connectivity index (χ3v) is 4.60. The van der Waals surface area contributed by atoms with Gasteiger partial charge in [-0.25, -0.2) is 9.97 Å². The fourth-order valence-corrected chi connectivity index (χ4v) is 3.20. The summed E-state index contributed by atoms with van der Waals surface area (Å²) in [4.78, 5) is 25.8. The largest absolute Gasteiger partial charge is 0.383 e. The molecule has 0 spiro atoms. The van der Waals surface area contributed by atoms with E-state index < -0.39 is 0 Å². The summed E-state index contributed by atoms with van der Waals surface area (Å²) in [5, 5.41) is 3.16. The van der Waals surface area contributed by atoms with E-state index in [1.165, 1.54) is 11.3 Å². The first-order valence-electron chi connectivity index (χ1n) is 9.26. The second-order valence-corrected chi connectivity index (χ2v) is 6.72. The number of ether oxygens (including phenoxy) is 1. The van der Waals surface area contributed by atoms with Gasteiger partial charge in [0.1, 0.15) is 17.3 Å². The normalized spacial score (nSPS) is 14.3. The summed E-state index contributed by atoms with van der Waals surface area (Å²) in [5.41, 5.74) is 2.90. The fourth-order valence-electron chi connectivity index (χ4n) is 3.20. The van der Waals surface area contributed by atoms with E-state index in [-0.39, 0.29) is 5.91 Å². The Kier molecular flexibility index (Phi) is 6.24. The van der Waals surface area contributed by atoms with Crippen LogP contribution in [0.5, 0.6) is 0 Å². The molecule has 27 heavy (non-hydrogen) atoms. The van der Waals surface area contributed by atoms with Crippen molar-refractivity contribution in [1.82, 2.24) is 14.9 Å². The number of benzene rings is 1. The second kappa shape index (κ2) is 8.81. The van der Waals surface area contributed by atoms with Crippen LogP contribution in [0.4, 0.5) is 11.5 Å². The van der Waals surface area contributed by atoms with E-state index in [0.717, 1.165) is 13.1 Å². The van der Waals surface area contributed by atoms with Crippen LogP contribution in [0.2, 0.25) is 0 Å². The molecule has 0 bridgehead atoms. The lowest BCUT2D eigenvalue weighted by Crippen LogP contribution is -2.49. The minimum absolute atomic E-state index is 0.0424. The fraction of sp³-hybridized carbons (Fsp3) is 0.450. The van der Waals surface area contributed by atoms with Gasteiger partial charge in [0.05, 0.1) is 6.61 Å². The van der Waals surface area contributed by atoms with E-state index in [0.29, 0.717) is 43.6 Å². The summed E-state index contributed by atoms with van der Waals surface area (Å²) < 4.78 is 5.03. The van der Waals surface area contributed by atoms with Crippen molar-refractivity contribution in [2.24, 2.45) is 0 Å². The van der Waals surface area contributed by atoms with Crippen LogP contribution < -0.4 is 10.2 Å². The maximum absolute atomic E-state index is 12.9. The number of hydrogen-bond donors (Lipinski definition) is 1. The number of anilines is 2. The van der Waals surface area contributed by atoms with Gasteiger partial charge in [0.2, 0.25) is 0 Å². The number of piperazine rings is 1. The van der Waals surface area contributed by atoms with Crippen molar-refractivity contribution in [3.05, 3.63) is 47.4 Å². The molecule has 0 atom stereocenters. The van der Waals surface area contributed by atoms with E-state index in [1.54, 1.807) is 20.1 Å². The van der Waals surface area contributed by atoms with Gasteiger partial charge in [-0.05, 0) is 31.5 Å². The van der Waals surface area contributed by atoms with Crippen LogP contribution >= 0.6 is 0 Å². The van der Waals surface area contributed by atoms with Crippen LogP contribution in [0.1, 0.15) is 21.9 Å². The number of carbonyl (C=O) groups is 1. The summed E-state index contributed by atoms with van der Waals surface area (Å²) in [6, 6.07) is 10.2. The first kappa shape index (κ1) is 19.1. The molecule has 1 fully saturated rings. The average Bonchev–Trinajstić information content (AvgIpc) is 2.67. The average molecular weight is 369 g/mol. The highest BCUT2D eigenvalue weighted by atomic mass is 16.5. The standard InChI is InChI=1S/C20H27N5O2/c1-15-5-4-6-17(13-15)24-8-10-25(11-9-24)20(26)18-14-19(21-7-12-27-3)23-16(2)22-18/h4-6,13-14H,7-12H2,1-3H3,(H,21,22,23). The SMILES string of the molecule is COCCNc1cc(C(=O)N2CCN(c3cccc(C)c3)CC2)nc(C)n1. The molecule has 2 heterocycles. The van der Waals surface area contributed by atoms with Gasteiger partial charge in [-0.15, -0.1) is 0 Å². The van der Waals surface area contributed by atoms with Crippen LogP contribution in [0.25, 0.3) is 0 Å². The Morgan fingerprint density at radius 2 is 1.93 bits per heavy atom. The molecule has 1 amide bonds. The van der Waals surface area contributed by atoms with E-state index in [1.807, 2.05) is 4.90 Å². The molecule has 1 aliphatic rings. The van der Waals surface area contributed by atoms with Crippen LogP contribution in [-0.2, 0) is 4.74 Å². The summed E-state index contributed by atoms with van der Waals surface area (Å²) >= 11 is 0. The summed E-state index contributed by atoms with van der Waals surface area (Å²) in [7, 11) is 1.65. The Hall–Kier alpha value is -2.67. The zero-order chi connectivity index (χ0) is 19.2. The molecule has 0 unspecified atom stereocenters. The number of hydrogen-bond acceptors (Lipinski definition) is 6. The molecule has 1 aromatic carbocycles. The monoisotopic (exact) mass is 369 g/mol. The van der Waals surface area contributed by atoms with Crippen LogP contribution in [0, 0.1) is 13.8 Å². The van der Waals surface area contributed by atoms with Gasteiger partial charge < -0.3 is 19.9 Å². The number of methoxy groups -OCH3 is 1. The molecule has 0 saturated carbocycles. The van der Waals surface area contributed by atoms with Crippen LogP contribution in [0.3, 0.4) is 0 Å². The van der Waals surface area contributed by atoms with E-state index in [2.05, 4.69) is 51.4 Å². The third-order valence-electron chi connectivity index (χ3n) is 4.60. The molecule has 1 N–H and O–H groups in total. The van der Waals surface area contributed by atoms with E-state index >= 15 is 0 Å². The van der Waals surface area contributed by atoms with Crippen LogP contribution in [-0.4, -0.2) is 67.2 Å². The van der Waals surface area contributed by atoms with Crippen molar-refractivity contribution in [2.75, 3.05) is 56.7 Å². The molecular formula is C20H27N5O2. The Morgan fingerprint density at radius 3 is 2.63 bits per heavy atom. The number of rotatable bonds is 6. The summed E-state index contributed by atoms with van der Waals surface area (Å²) in [6.07, 6.45) is 0. The highest BCUT2D eigenvalue weighted by molar-refractivity contribution is 5.93. The van der Waals surface area contributed by atoms with Gasteiger partial charge in [-0.2, -0.15) is 0 Å². The van der Waals surface area contributed by atoms with E-state index in [9.17, 15) is 4.79 Å². The highest BCUT2D eigenvalue weighted by Gasteiger charge is 2.24. The van der Waals surface area contributed by atoms with Gasteiger partial charge >= 0.3 is 0 Å². The summed E-state index contributed by atoms with van der Waals surface area (Å²) in [5.74, 6) is 1.19. The van der Waals surface area contributed by atoms with Gasteiger partial charge in [-0.1, -0.05) is 12.1 Å². The van der Waals surface area contributed by atoms with Crippen molar-refractivity contribution in [2.45, 2.75) is 13.8 Å². The quantitative estimate of drug-likeness (QED) is 0.787. The summed E-state index contributed by atoms with van der Waals surface area (Å²) in [6.45, 7) is 8.11. The number of carbonyl (C=O) groups excluding carboxylic acids is 1. The Morgan fingerprint density at radius 1 is 1.15 bits per heavy atom. The van der Waals surface area contributed by atoms with Gasteiger partial charge in [0, 0.05) is 51.6 Å². The predicted molar refractivity (Wildman–Crippen MR) is 106 cm³/mol. The molecule has 1 aliphatic heterocycles.